The third-order valence-electron chi connectivity index (χ3n) is 3.98. The van der Waals surface area contributed by atoms with Gasteiger partial charge in [-0.15, -0.1) is 0 Å². The number of anilines is 1. The highest BCUT2D eigenvalue weighted by Gasteiger charge is 2.12. The van der Waals surface area contributed by atoms with Crippen LogP contribution in [0.5, 0.6) is 17.2 Å². The van der Waals surface area contributed by atoms with Crippen molar-refractivity contribution >= 4 is 5.69 Å². The van der Waals surface area contributed by atoms with Gasteiger partial charge in [-0.2, -0.15) is 0 Å². The molecule has 1 N–H and O–H groups in total. The lowest BCUT2D eigenvalue weighted by atomic mass is 10.2. The van der Waals surface area contributed by atoms with Gasteiger partial charge in [0.25, 0.3) is 0 Å². The molecular weight excluding hydrogens is 314 g/mol. The fourth-order valence-electron chi connectivity index (χ4n) is 2.61. The predicted octanol–water partition coefficient (Wildman–Crippen LogP) is 4.63. The summed E-state index contributed by atoms with van der Waals surface area (Å²) >= 11 is 0. The first-order chi connectivity index (χ1) is 12.2. The second-order valence-electron chi connectivity index (χ2n) is 6.07. The summed E-state index contributed by atoms with van der Waals surface area (Å²) in [5.74, 6) is 2.40. The van der Waals surface area contributed by atoms with Gasteiger partial charge in [-0.05, 0) is 62.4 Å². The molecule has 3 rings (SSSR count). The van der Waals surface area contributed by atoms with Crippen molar-refractivity contribution in [3.8, 4) is 17.2 Å². The number of benzene rings is 2. The Balaban J connectivity index is 1.71. The molecule has 0 saturated carbocycles. The van der Waals surface area contributed by atoms with E-state index in [0.717, 1.165) is 35.2 Å². The van der Waals surface area contributed by atoms with Gasteiger partial charge in [0.2, 0.25) is 0 Å². The number of nitrogens with one attached hydrogen (secondary N) is 1. The van der Waals surface area contributed by atoms with Crippen LogP contribution in [0.4, 0.5) is 5.69 Å². The number of aromatic amines is 1. The van der Waals surface area contributed by atoms with Gasteiger partial charge < -0.3 is 19.4 Å². The van der Waals surface area contributed by atoms with Gasteiger partial charge in [0.15, 0.2) is 0 Å². The summed E-state index contributed by atoms with van der Waals surface area (Å²) in [7, 11) is 1.65. The average Bonchev–Trinajstić information content (AvgIpc) is 3.14. The SMILES string of the molecule is COc1ccc(Oc2ccc(N(Cc3cnc[nH]3)C(C)C)cc2)cc1. The lowest BCUT2D eigenvalue weighted by Crippen LogP contribution is -2.30. The van der Waals surface area contributed by atoms with E-state index in [1.54, 1.807) is 13.4 Å². The molecule has 0 radical (unpaired) electrons. The van der Waals surface area contributed by atoms with E-state index >= 15 is 0 Å². The molecule has 0 fully saturated rings. The van der Waals surface area contributed by atoms with Crippen LogP contribution in [-0.4, -0.2) is 23.1 Å². The molecule has 0 aliphatic rings. The van der Waals surface area contributed by atoms with Crippen molar-refractivity contribution in [3.05, 3.63) is 66.7 Å². The number of ether oxygens (including phenoxy) is 2. The quantitative estimate of drug-likeness (QED) is 0.683. The van der Waals surface area contributed by atoms with Crippen LogP contribution in [0.2, 0.25) is 0 Å². The van der Waals surface area contributed by atoms with Gasteiger partial charge in [0.1, 0.15) is 17.2 Å². The maximum atomic E-state index is 5.89. The molecule has 1 aromatic heterocycles. The van der Waals surface area contributed by atoms with Gasteiger partial charge in [0.05, 0.1) is 25.7 Å². The Morgan fingerprint density at radius 2 is 1.56 bits per heavy atom. The third-order valence-corrected chi connectivity index (χ3v) is 3.98. The van der Waals surface area contributed by atoms with Gasteiger partial charge in [-0.25, -0.2) is 4.98 Å². The summed E-state index contributed by atoms with van der Waals surface area (Å²) in [6, 6.07) is 16.1. The number of rotatable bonds is 7. The molecule has 2 aromatic carbocycles. The topological polar surface area (TPSA) is 50.4 Å². The van der Waals surface area contributed by atoms with Crippen molar-refractivity contribution in [1.82, 2.24) is 9.97 Å². The fourth-order valence-corrected chi connectivity index (χ4v) is 2.61. The number of H-pyrrole nitrogens is 1. The molecule has 0 unspecified atom stereocenters. The van der Waals surface area contributed by atoms with Crippen LogP contribution < -0.4 is 14.4 Å². The van der Waals surface area contributed by atoms with Crippen LogP contribution in [0.1, 0.15) is 19.5 Å². The Hall–Kier alpha value is -2.95. The molecule has 0 amide bonds. The number of aromatic nitrogens is 2. The molecule has 0 bridgehead atoms. The van der Waals surface area contributed by atoms with E-state index in [0.29, 0.717) is 6.04 Å². The summed E-state index contributed by atoms with van der Waals surface area (Å²) in [4.78, 5) is 9.56. The number of hydrogen-bond donors (Lipinski definition) is 1. The van der Waals surface area contributed by atoms with E-state index in [1.165, 1.54) is 0 Å². The zero-order valence-electron chi connectivity index (χ0n) is 14.8. The highest BCUT2D eigenvalue weighted by molar-refractivity contribution is 5.50. The zero-order valence-corrected chi connectivity index (χ0v) is 14.8. The van der Waals surface area contributed by atoms with Gasteiger partial charge in [-0.1, -0.05) is 0 Å². The van der Waals surface area contributed by atoms with E-state index in [4.69, 9.17) is 9.47 Å². The van der Waals surface area contributed by atoms with E-state index in [2.05, 4.69) is 40.8 Å². The Labute approximate surface area is 148 Å². The normalized spacial score (nSPS) is 10.7. The van der Waals surface area contributed by atoms with Crippen LogP contribution in [0, 0.1) is 0 Å². The number of methoxy groups -OCH3 is 1. The third kappa shape index (κ3) is 4.32. The molecular formula is C20H23N3O2. The summed E-state index contributed by atoms with van der Waals surface area (Å²) in [5.41, 5.74) is 2.24. The van der Waals surface area contributed by atoms with Crippen molar-refractivity contribution in [2.75, 3.05) is 12.0 Å². The molecule has 0 saturated heterocycles. The first-order valence-electron chi connectivity index (χ1n) is 8.31. The Morgan fingerprint density at radius 1 is 0.960 bits per heavy atom. The first kappa shape index (κ1) is 16.9. The van der Waals surface area contributed by atoms with Crippen molar-refractivity contribution in [2.24, 2.45) is 0 Å². The monoisotopic (exact) mass is 337 g/mol. The molecule has 0 atom stereocenters. The molecule has 25 heavy (non-hydrogen) atoms. The Morgan fingerprint density at radius 3 is 2.08 bits per heavy atom. The molecule has 5 nitrogen and oxygen atoms in total. The molecule has 3 aromatic rings. The smallest absolute Gasteiger partial charge is 0.127 e. The van der Waals surface area contributed by atoms with Gasteiger partial charge in [0, 0.05) is 17.9 Å². The van der Waals surface area contributed by atoms with Crippen molar-refractivity contribution in [3.63, 3.8) is 0 Å². The molecule has 130 valence electrons. The largest absolute Gasteiger partial charge is 0.497 e. The highest BCUT2D eigenvalue weighted by atomic mass is 16.5. The molecule has 0 aliphatic heterocycles. The van der Waals surface area contributed by atoms with E-state index in [-0.39, 0.29) is 0 Å². The highest BCUT2D eigenvalue weighted by Crippen LogP contribution is 2.27. The lowest BCUT2D eigenvalue weighted by molar-refractivity contribution is 0.413. The number of hydrogen-bond acceptors (Lipinski definition) is 4. The minimum Gasteiger partial charge on any atom is -0.497 e. The van der Waals surface area contributed by atoms with Gasteiger partial charge >= 0.3 is 0 Å². The lowest BCUT2D eigenvalue weighted by Gasteiger charge is -2.28. The fraction of sp³-hybridized carbons (Fsp3) is 0.250. The summed E-state index contributed by atoms with van der Waals surface area (Å²) < 4.78 is 11.0. The van der Waals surface area contributed by atoms with Crippen molar-refractivity contribution in [1.29, 1.82) is 0 Å². The first-order valence-corrected chi connectivity index (χ1v) is 8.31. The molecule has 5 heteroatoms. The Kier molecular flexibility index (Phi) is 5.23. The van der Waals surface area contributed by atoms with Crippen LogP contribution in [0.15, 0.2) is 61.1 Å². The van der Waals surface area contributed by atoms with Crippen LogP contribution in [-0.2, 0) is 6.54 Å². The maximum Gasteiger partial charge on any atom is 0.127 e. The average molecular weight is 337 g/mol. The summed E-state index contributed by atoms with van der Waals surface area (Å²) in [6.45, 7) is 5.15. The molecule has 0 aliphatic carbocycles. The standard InChI is InChI=1S/C20H23N3O2/c1-15(2)23(13-16-12-21-14-22-16)17-4-6-19(7-5-17)25-20-10-8-18(24-3)9-11-20/h4-12,14-15H,13H2,1-3H3,(H,21,22). The Bertz CT molecular complexity index is 766. The number of imidazole rings is 1. The maximum absolute atomic E-state index is 5.89. The minimum absolute atomic E-state index is 0.372. The second-order valence-corrected chi connectivity index (χ2v) is 6.07. The van der Waals surface area contributed by atoms with Crippen LogP contribution in [0.3, 0.4) is 0 Å². The second kappa shape index (κ2) is 7.75. The zero-order chi connectivity index (χ0) is 17.6. The van der Waals surface area contributed by atoms with E-state index in [1.807, 2.05) is 42.6 Å². The molecule has 1 heterocycles. The van der Waals surface area contributed by atoms with Crippen molar-refractivity contribution in [2.45, 2.75) is 26.4 Å². The van der Waals surface area contributed by atoms with Crippen LogP contribution in [0.25, 0.3) is 0 Å². The molecule has 0 spiro atoms. The minimum atomic E-state index is 0.372. The summed E-state index contributed by atoms with van der Waals surface area (Å²) in [6.07, 6.45) is 3.57. The predicted molar refractivity (Wildman–Crippen MR) is 99.4 cm³/mol. The van der Waals surface area contributed by atoms with Crippen molar-refractivity contribution < 1.29 is 9.47 Å². The van der Waals surface area contributed by atoms with Crippen LogP contribution >= 0.6 is 0 Å². The van der Waals surface area contributed by atoms with Gasteiger partial charge in [-0.3, -0.25) is 0 Å². The number of nitrogens with zero attached hydrogens (tertiary/aromatic N) is 2. The summed E-state index contributed by atoms with van der Waals surface area (Å²) in [5, 5.41) is 0. The van der Waals surface area contributed by atoms with E-state index in [9.17, 15) is 0 Å². The van der Waals surface area contributed by atoms with E-state index < -0.39 is 0 Å².